The molecule has 1 aromatic heterocycles. The van der Waals surface area contributed by atoms with Gasteiger partial charge in [0.05, 0.1) is 26.7 Å². The van der Waals surface area contributed by atoms with Crippen molar-refractivity contribution in [3.63, 3.8) is 0 Å². The normalized spacial score (nSPS) is 13.8. The highest BCUT2D eigenvalue weighted by atomic mass is 19.1. The Morgan fingerprint density at radius 3 is 2.55 bits per heavy atom. The molecule has 5 nitrogen and oxygen atoms in total. The Bertz CT molecular complexity index is 1230. The summed E-state index contributed by atoms with van der Waals surface area (Å²) in [4.78, 5) is 16.8. The average Bonchev–Trinajstić information content (AvgIpc) is 3.08. The highest BCUT2D eigenvalue weighted by Gasteiger charge is 2.26. The number of nitrogens with zero attached hydrogens (tertiary/aromatic N) is 1. The molecule has 0 unspecified atom stereocenters. The summed E-state index contributed by atoms with van der Waals surface area (Å²) < 4.78 is 24.8. The summed E-state index contributed by atoms with van der Waals surface area (Å²) in [5.41, 5.74) is 6.05. The van der Waals surface area contributed by atoms with E-state index in [2.05, 4.69) is 16.4 Å². The van der Waals surface area contributed by atoms with Crippen LogP contribution in [0.4, 0.5) is 4.39 Å². The van der Waals surface area contributed by atoms with Gasteiger partial charge in [0.15, 0.2) is 0 Å². The van der Waals surface area contributed by atoms with Gasteiger partial charge in [-0.15, -0.1) is 0 Å². The van der Waals surface area contributed by atoms with Crippen molar-refractivity contribution in [1.29, 1.82) is 0 Å². The summed E-state index contributed by atoms with van der Waals surface area (Å²) in [5, 5.41) is 2.92. The average molecular weight is 443 g/mol. The topological polar surface area (TPSA) is 60.5 Å². The second-order valence-electron chi connectivity index (χ2n) is 7.72. The lowest BCUT2D eigenvalue weighted by molar-refractivity contribution is -0.120. The minimum absolute atomic E-state index is 0.137. The van der Waals surface area contributed by atoms with Crippen LogP contribution < -0.4 is 14.8 Å². The number of halogens is 1. The minimum atomic E-state index is -0.339. The van der Waals surface area contributed by atoms with Crippen LogP contribution in [0.25, 0.3) is 17.2 Å². The van der Waals surface area contributed by atoms with Gasteiger partial charge < -0.3 is 14.8 Å². The molecule has 0 spiro atoms. The van der Waals surface area contributed by atoms with Crippen molar-refractivity contribution in [3.8, 4) is 11.5 Å². The Hall–Kier alpha value is -3.93. The third-order valence-corrected chi connectivity index (χ3v) is 5.60. The number of rotatable bonds is 7. The van der Waals surface area contributed by atoms with Crippen LogP contribution in [-0.4, -0.2) is 25.1 Å². The van der Waals surface area contributed by atoms with Crippen LogP contribution in [0.2, 0.25) is 0 Å². The van der Waals surface area contributed by atoms with E-state index >= 15 is 0 Å². The lowest BCUT2D eigenvalue weighted by Gasteiger charge is -2.08. The first-order chi connectivity index (χ1) is 16.0. The van der Waals surface area contributed by atoms with Crippen molar-refractivity contribution >= 4 is 23.1 Å². The van der Waals surface area contributed by atoms with Crippen molar-refractivity contribution in [2.75, 3.05) is 14.2 Å². The molecule has 3 aromatic rings. The molecule has 0 saturated heterocycles. The number of aromatic nitrogens is 1. The zero-order chi connectivity index (χ0) is 23.4. The predicted octanol–water partition coefficient (Wildman–Crippen LogP) is 5.07. The molecular formula is C27H24FN2O3. The number of carbonyl (C=O) groups excluding carboxylic acids is 1. The molecule has 1 amide bonds. The molecule has 6 heteroatoms. The number of amides is 1. The number of methoxy groups -OCH3 is 2. The highest BCUT2D eigenvalue weighted by Crippen LogP contribution is 2.44. The van der Waals surface area contributed by atoms with Gasteiger partial charge in [-0.05, 0) is 82.3 Å². The standard InChI is InChI=1S/C27H24FN2O3/c1-17-24(11-19-9-21(32-2)13-22(10-19)33-3)23-7-6-20(28)12-26(23)25(17)14-27(31)30-16-18-5-4-8-29-15-18/h4-12,15H,14,16H2,1-3H3,(H,30,31)/b24-11-. The molecule has 1 aliphatic carbocycles. The van der Waals surface area contributed by atoms with Gasteiger partial charge in [0.2, 0.25) is 5.91 Å². The Labute approximate surface area is 192 Å². The summed E-state index contributed by atoms with van der Waals surface area (Å²) in [6, 6.07) is 15.1. The Balaban J connectivity index is 1.66. The molecule has 167 valence electrons. The molecule has 0 fully saturated rings. The smallest absolute Gasteiger partial charge is 0.224 e. The first-order valence-corrected chi connectivity index (χ1v) is 10.5. The molecule has 33 heavy (non-hydrogen) atoms. The number of allylic oxidation sites excluding steroid dienone is 2. The maximum Gasteiger partial charge on any atom is 0.224 e. The molecule has 2 aromatic carbocycles. The number of hydrogen-bond acceptors (Lipinski definition) is 4. The summed E-state index contributed by atoms with van der Waals surface area (Å²) in [5.74, 6) is 0.626. The van der Waals surface area contributed by atoms with E-state index < -0.39 is 0 Å². The fourth-order valence-electron chi connectivity index (χ4n) is 3.92. The summed E-state index contributed by atoms with van der Waals surface area (Å²) in [6.07, 6.45) is 5.54. The molecule has 1 heterocycles. The zero-order valence-corrected chi connectivity index (χ0v) is 18.7. The number of nitrogens with one attached hydrogen (secondary N) is 1. The fraction of sp³-hybridized carbons (Fsp3) is 0.185. The molecule has 1 N–H and O–H groups in total. The number of fused-ring (bicyclic) bond motifs is 1. The van der Waals surface area contributed by atoms with E-state index in [1.165, 1.54) is 12.1 Å². The van der Waals surface area contributed by atoms with E-state index in [0.29, 0.717) is 18.0 Å². The number of carbonyl (C=O) groups is 1. The quantitative estimate of drug-likeness (QED) is 0.554. The van der Waals surface area contributed by atoms with E-state index in [0.717, 1.165) is 39.0 Å². The second kappa shape index (κ2) is 9.69. The maximum atomic E-state index is 14.1. The summed E-state index contributed by atoms with van der Waals surface area (Å²) >= 11 is 0. The molecule has 0 aliphatic heterocycles. The van der Waals surface area contributed by atoms with Crippen LogP contribution in [-0.2, 0) is 11.3 Å². The summed E-state index contributed by atoms with van der Waals surface area (Å²) in [6.45, 7) is 2.34. The Kier molecular flexibility index (Phi) is 6.54. The van der Waals surface area contributed by atoms with Crippen molar-refractivity contribution in [2.24, 2.45) is 0 Å². The van der Waals surface area contributed by atoms with Gasteiger partial charge in [-0.1, -0.05) is 12.1 Å². The van der Waals surface area contributed by atoms with E-state index in [1.807, 2.05) is 37.3 Å². The predicted molar refractivity (Wildman–Crippen MR) is 126 cm³/mol. The molecule has 0 atom stereocenters. The van der Waals surface area contributed by atoms with Gasteiger partial charge in [-0.2, -0.15) is 0 Å². The third kappa shape index (κ3) is 4.95. The molecule has 1 radical (unpaired) electrons. The molecule has 4 rings (SSSR count). The van der Waals surface area contributed by atoms with Gasteiger partial charge in [-0.3, -0.25) is 9.78 Å². The van der Waals surface area contributed by atoms with Crippen LogP contribution in [0.1, 0.15) is 35.6 Å². The van der Waals surface area contributed by atoms with E-state index in [1.54, 1.807) is 32.7 Å². The number of pyridine rings is 1. The van der Waals surface area contributed by atoms with Crippen molar-refractivity contribution in [1.82, 2.24) is 10.3 Å². The monoisotopic (exact) mass is 443 g/mol. The van der Waals surface area contributed by atoms with E-state index in [4.69, 9.17) is 9.47 Å². The summed E-state index contributed by atoms with van der Waals surface area (Å²) in [7, 11) is 3.15. The van der Waals surface area contributed by atoms with Gasteiger partial charge in [0, 0.05) is 18.9 Å². The highest BCUT2D eigenvalue weighted by molar-refractivity contribution is 6.08. The first kappa shape index (κ1) is 22.3. The van der Waals surface area contributed by atoms with Gasteiger partial charge in [0.1, 0.15) is 17.3 Å². The molecular weight excluding hydrogens is 419 g/mol. The minimum Gasteiger partial charge on any atom is -0.496 e. The van der Waals surface area contributed by atoms with Gasteiger partial charge in [-0.25, -0.2) is 4.39 Å². The van der Waals surface area contributed by atoms with E-state index in [-0.39, 0.29) is 18.1 Å². The maximum absolute atomic E-state index is 14.1. The second-order valence-corrected chi connectivity index (χ2v) is 7.72. The van der Waals surface area contributed by atoms with Crippen LogP contribution >= 0.6 is 0 Å². The van der Waals surface area contributed by atoms with Gasteiger partial charge in [0.25, 0.3) is 0 Å². The van der Waals surface area contributed by atoms with Crippen molar-refractivity contribution in [2.45, 2.75) is 19.9 Å². The lowest BCUT2D eigenvalue weighted by atomic mass is 10.0. The van der Waals surface area contributed by atoms with E-state index in [9.17, 15) is 9.18 Å². The first-order valence-electron chi connectivity index (χ1n) is 10.5. The van der Waals surface area contributed by atoms with Crippen LogP contribution in [0.5, 0.6) is 11.5 Å². The number of hydrogen-bond donors (Lipinski definition) is 1. The Morgan fingerprint density at radius 2 is 1.88 bits per heavy atom. The van der Waals surface area contributed by atoms with Crippen LogP contribution in [0, 0.1) is 11.9 Å². The third-order valence-electron chi connectivity index (χ3n) is 5.60. The lowest BCUT2D eigenvalue weighted by Crippen LogP contribution is -2.22. The fourth-order valence-corrected chi connectivity index (χ4v) is 3.92. The molecule has 1 aliphatic rings. The molecule has 0 saturated carbocycles. The van der Waals surface area contributed by atoms with Gasteiger partial charge >= 0.3 is 0 Å². The molecule has 0 bridgehead atoms. The number of benzene rings is 2. The van der Waals surface area contributed by atoms with Crippen LogP contribution in [0.15, 0.2) is 60.4 Å². The SMILES string of the molecule is COc1[c]c(OC)cc(/C=C2/C(C)=C(CC(=O)NCc3cccnc3)c3cc(F)ccc32)c1. The van der Waals surface area contributed by atoms with Crippen molar-refractivity contribution < 1.29 is 18.7 Å². The van der Waals surface area contributed by atoms with Crippen molar-refractivity contribution in [3.05, 3.63) is 94.6 Å². The van der Waals surface area contributed by atoms with Crippen LogP contribution in [0.3, 0.4) is 0 Å². The number of ether oxygens (including phenoxy) is 2. The Morgan fingerprint density at radius 1 is 1.12 bits per heavy atom. The largest absolute Gasteiger partial charge is 0.496 e. The zero-order valence-electron chi connectivity index (χ0n) is 18.7.